The van der Waals surface area contributed by atoms with Crippen LogP contribution in [0.1, 0.15) is 6.92 Å². The molecule has 2 N–H and O–H groups in total. The number of nitrogens with zero attached hydrogens (tertiary/aromatic N) is 1. The second kappa shape index (κ2) is 3.95. The summed E-state index contributed by atoms with van der Waals surface area (Å²) in [5.41, 5.74) is 0.443. The van der Waals surface area contributed by atoms with Crippen molar-refractivity contribution < 1.29 is 8.42 Å². The molecule has 0 saturated carbocycles. The van der Waals surface area contributed by atoms with Gasteiger partial charge in [0.1, 0.15) is 4.90 Å². The van der Waals surface area contributed by atoms with E-state index in [1.165, 1.54) is 12.1 Å². The molecule has 1 aliphatic rings. The van der Waals surface area contributed by atoms with Crippen molar-refractivity contribution in [1.82, 2.24) is 4.72 Å². The molecule has 0 atom stereocenters. The summed E-state index contributed by atoms with van der Waals surface area (Å²) in [6.45, 7) is 2.30. The lowest BCUT2D eigenvalue weighted by Gasteiger charge is -2.21. The maximum atomic E-state index is 11.8. The van der Waals surface area contributed by atoms with Crippen LogP contribution in [-0.4, -0.2) is 20.9 Å². The summed E-state index contributed by atoms with van der Waals surface area (Å²) in [4.78, 5) is 4.15. The Morgan fingerprint density at radius 1 is 1.44 bits per heavy atom. The van der Waals surface area contributed by atoms with Gasteiger partial charge in [-0.2, -0.15) is 0 Å². The Morgan fingerprint density at radius 2 is 2.19 bits per heavy atom. The number of anilines is 1. The largest absolute Gasteiger partial charge is 0.324 e. The molecule has 1 heterocycles. The highest BCUT2D eigenvalue weighted by atomic mass is 35.5. The Hall–Kier alpha value is -1.27. The Balaban J connectivity index is 2.56. The van der Waals surface area contributed by atoms with Gasteiger partial charge in [-0.1, -0.05) is 11.6 Å². The summed E-state index contributed by atoms with van der Waals surface area (Å²) in [7, 11) is -3.53. The van der Waals surface area contributed by atoms with E-state index in [-0.39, 0.29) is 10.9 Å². The van der Waals surface area contributed by atoms with Gasteiger partial charge in [0.05, 0.1) is 5.69 Å². The summed E-state index contributed by atoms with van der Waals surface area (Å²) in [5, 5.41) is 3.34. The fourth-order valence-electron chi connectivity index (χ4n) is 1.40. The van der Waals surface area contributed by atoms with Gasteiger partial charge in [-0.25, -0.2) is 13.1 Å². The van der Waals surface area contributed by atoms with Crippen LogP contribution in [0.4, 0.5) is 5.69 Å². The molecule has 0 unspecified atom stereocenters. The van der Waals surface area contributed by atoms with E-state index in [0.717, 1.165) is 0 Å². The molecule has 0 amide bonds. The fraction of sp³-hybridized carbons (Fsp3) is 0.222. The minimum Gasteiger partial charge on any atom is -0.324 e. The van der Waals surface area contributed by atoms with Gasteiger partial charge >= 0.3 is 0 Å². The second-order valence-electron chi connectivity index (χ2n) is 3.19. The zero-order valence-corrected chi connectivity index (χ0v) is 10.1. The summed E-state index contributed by atoms with van der Waals surface area (Å²) in [6.07, 6.45) is 0. The lowest BCUT2D eigenvalue weighted by molar-refractivity contribution is 0.591. The van der Waals surface area contributed by atoms with E-state index in [4.69, 9.17) is 11.6 Å². The summed E-state index contributed by atoms with van der Waals surface area (Å²) >= 11 is 5.80. The first-order valence-electron chi connectivity index (χ1n) is 4.67. The highest BCUT2D eigenvalue weighted by molar-refractivity contribution is 7.90. The van der Waals surface area contributed by atoms with E-state index >= 15 is 0 Å². The van der Waals surface area contributed by atoms with Crippen LogP contribution in [-0.2, 0) is 10.0 Å². The monoisotopic (exact) mass is 259 g/mol. The summed E-state index contributed by atoms with van der Waals surface area (Å²) in [6, 6.07) is 4.54. The predicted molar refractivity (Wildman–Crippen MR) is 63.4 cm³/mol. The number of hydrogen-bond acceptors (Lipinski definition) is 3. The summed E-state index contributed by atoms with van der Waals surface area (Å²) in [5.74, 6) is 0.220. The fourth-order valence-corrected chi connectivity index (χ4v) is 2.70. The molecule has 0 radical (unpaired) electrons. The predicted octanol–water partition coefficient (Wildman–Crippen LogP) is 1.42. The number of hydrogen-bond donors (Lipinski definition) is 2. The first-order chi connectivity index (χ1) is 7.53. The molecule has 0 bridgehead atoms. The van der Waals surface area contributed by atoms with Crippen molar-refractivity contribution >= 4 is 33.3 Å². The molecule has 0 aromatic heterocycles. The first kappa shape index (κ1) is 11.2. The number of fused-ring (bicyclic) bond motifs is 1. The van der Waals surface area contributed by atoms with E-state index in [0.29, 0.717) is 17.3 Å². The number of nitrogens with one attached hydrogen (secondary N) is 2. The number of guanidine groups is 1. The number of sulfonamides is 1. The van der Waals surface area contributed by atoms with Crippen molar-refractivity contribution in [2.24, 2.45) is 4.99 Å². The maximum Gasteiger partial charge on any atom is 0.266 e. The SMILES string of the molecule is CCN=C1Nc2cc(Cl)ccc2S(=O)(=O)N1. The van der Waals surface area contributed by atoms with Gasteiger partial charge in [0, 0.05) is 11.6 Å². The van der Waals surface area contributed by atoms with Crippen molar-refractivity contribution in [1.29, 1.82) is 0 Å². The third-order valence-corrected chi connectivity index (χ3v) is 3.66. The highest BCUT2D eigenvalue weighted by Crippen LogP contribution is 2.27. The van der Waals surface area contributed by atoms with E-state index in [9.17, 15) is 8.42 Å². The van der Waals surface area contributed by atoms with E-state index < -0.39 is 10.0 Å². The maximum absolute atomic E-state index is 11.8. The average Bonchev–Trinajstić information content (AvgIpc) is 2.15. The van der Waals surface area contributed by atoms with Crippen molar-refractivity contribution in [2.75, 3.05) is 11.9 Å². The molecule has 16 heavy (non-hydrogen) atoms. The quantitative estimate of drug-likeness (QED) is 0.801. The van der Waals surface area contributed by atoms with E-state index in [1.807, 2.05) is 6.92 Å². The van der Waals surface area contributed by atoms with Gasteiger partial charge in [-0.3, -0.25) is 4.99 Å². The zero-order chi connectivity index (χ0) is 11.8. The van der Waals surface area contributed by atoms with Gasteiger partial charge in [0.2, 0.25) is 5.96 Å². The molecule has 86 valence electrons. The normalized spacial score (nSPS) is 19.8. The lowest BCUT2D eigenvalue weighted by Crippen LogP contribution is -2.40. The number of halogens is 1. The minimum atomic E-state index is -3.53. The zero-order valence-electron chi connectivity index (χ0n) is 8.49. The Bertz CT molecular complexity index is 554. The number of rotatable bonds is 1. The van der Waals surface area contributed by atoms with Crippen molar-refractivity contribution in [3.05, 3.63) is 23.2 Å². The molecule has 2 rings (SSSR count). The third-order valence-electron chi connectivity index (χ3n) is 2.03. The molecule has 1 aliphatic heterocycles. The van der Waals surface area contributed by atoms with Crippen LogP contribution < -0.4 is 10.0 Å². The van der Waals surface area contributed by atoms with Crippen LogP contribution in [0.2, 0.25) is 5.02 Å². The van der Waals surface area contributed by atoms with E-state index in [2.05, 4.69) is 15.0 Å². The van der Waals surface area contributed by atoms with Crippen LogP contribution in [0, 0.1) is 0 Å². The first-order valence-corrected chi connectivity index (χ1v) is 6.53. The minimum absolute atomic E-state index is 0.173. The molecule has 5 nitrogen and oxygen atoms in total. The smallest absolute Gasteiger partial charge is 0.266 e. The van der Waals surface area contributed by atoms with Crippen LogP contribution in [0.3, 0.4) is 0 Å². The number of benzene rings is 1. The molecule has 0 aliphatic carbocycles. The molecule has 1 aromatic carbocycles. The van der Waals surface area contributed by atoms with E-state index in [1.54, 1.807) is 6.07 Å². The van der Waals surface area contributed by atoms with Crippen LogP contribution in [0.15, 0.2) is 28.1 Å². The van der Waals surface area contributed by atoms with Gasteiger partial charge in [-0.05, 0) is 25.1 Å². The van der Waals surface area contributed by atoms with Crippen LogP contribution >= 0.6 is 11.6 Å². The van der Waals surface area contributed by atoms with Gasteiger partial charge in [0.25, 0.3) is 10.0 Å². The third kappa shape index (κ3) is 1.98. The van der Waals surface area contributed by atoms with Gasteiger partial charge < -0.3 is 5.32 Å². The Morgan fingerprint density at radius 3 is 2.88 bits per heavy atom. The Kier molecular flexibility index (Phi) is 2.77. The lowest BCUT2D eigenvalue weighted by atomic mass is 10.3. The standard InChI is InChI=1S/C9H10ClN3O2S/c1-2-11-9-12-7-5-6(10)3-4-8(7)16(14,15)13-9/h3-5H,2H2,1H3,(H2,11,12,13). The molecular weight excluding hydrogens is 250 g/mol. The molecule has 1 aromatic rings. The topological polar surface area (TPSA) is 70.6 Å². The van der Waals surface area contributed by atoms with Gasteiger partial charge in [0.15, 0.2) is 0 Å². The van der Waals surface area contributed by atoms with Crippen molar-refractivity contribution in [2.45, 2.75) is 11.8 Å². The van der Waals surface area contributed by atoms with Crippen molar-refractivity contribution in [3.8, 4) is 0 Å². The highest BCUT2D eigenvalue weighted by Gasteiger charge is 2.26. The summed E-state index contributed by atoms with van der Waals surface area (Å²) < 4.78 is 25.9. The molecular formula is C9H10ClN3O2S. The van der Waals surface area contributed by atoms with Gasteiger partial charge in [-0.15, -0.1) is 0 Å². The average molecular weight is 260 g/mol. The Labute approximate surface area is 98.6 Å². The molecule has 0 spiro atoms. The molecule has 0 saturated heterocycles. The molecule has 7 heteroatoms. The molecule has 0 fully saturated rings. The van der Waals surface area contributed by atoms with Crippen LogP contribution in [0.5, 0.6) is 0 Å². The second-order valence-corrected chi connectivity index (χ2v) is 5.28. The number of aliphatic imine (C=N–C) groups is 1. The van der Waals surface area contributed by atoms with Crippen molar-refractivity contribution in [3.63, 3.8) is 0 Å². The van der Waals surface area contributed by atoms with Crippen LogP contribution in [0.25, 0.3) is 0 Å².